The summed E-state index contributed by atoms with van der Waals surface area (Å²) in [6, 6.07) is 26.7. The van der Waals surface area contributed by atoms with Gasteiger partial charge < -0.3 is 4.74 Å². The van der Waals surface area contributed by atoms with Crippen molar-refractivity contribution in [1.82, 2.24) is 22.8 Å². The van der Waals surface area contributed by atoms with Gasteiger partial charge in [0.15, 0.2) is 14.7 Å². The first kappa shape index (κ1) is 49.3. The van der Waals surface area contributed by atoms with Crippen molar-refractivity contribution in [3.8, 4) is 0 Å². The molecule has 0 unspecified atom stereocenters. The molecule has 1 aromatic heterocycles. The second kappa shape index (κ2) is 21.9. The number of para-hydroxylation sites is 3. The Labute approximate surface area is 381 Å². The van der Waals surface area contributed by atoms with E-state index < -0.39 is 76.6 Å². The molecule has 1 aliphatic heterocycles. The third-order valence-corrected chi connectivity index (χ3v) is 16.3. The molecule has 0 aliphatic carbocycles. The Hall–Kier alpha value is -6.12. The van der Waals surface area contributed by atoms with Crippen LogP contribution in [-0.2, 0) is 54.4 Å². The molecule has 0 amide bonds. The van der Waals surface area contributed by atoms with E-state index >= 15 is 0 Å². The maximum absolute atomic E-state index is 14.1. The molecule has 1 saturated heterocycles. The van der Waals surface area contributed by atoms with E-state index in [1.54, 1.807) is 47.4 Å². The highest BCUT2D eigenvalue weighted by molar-refractivity contribution is 7.89. The normalized spacial score (nSPS) is 15.8. The molecule has 66 heavy (non-hydrogen) atoms. The second-order valence-electron chi connectivity index (χ2n) is 15.0. The maximum Gasteiger partial charge on any atom is 0.289 e. The van der Waals surface area contributed by atoms with Crippen LogP contribution in [0, 0.1) is 30.3 Å². The number of hydrogen-bond donors (Lipinski definition) is 0. The SMILES string of the molecule is O=[N+]([O-])c1ccccc1S(=O)(=O)N1CCCOCCCN(S(=O)(=O)c2ccccc2[N+](=O)[O-])CCN(Cc2ccc(CN(Cc3ccccn3)S(=O)(=O)c3ccccc3[N+](=O)[O-])cc2)CC1. The minimum atomic E-state index is -4.47. The second-order valence-corrected chi connectivity index (χ2v) is 20.7. The van der Waals surface area contributed by atoms with Crippen molar-refractivity contribution in [2.45, 2.75) is 47.2 Å². The molecule has 350 valence electrons. The van der Waals surface area contributed by atoms with E-state index in [0.717, 1.165) is 49.3 Å². The zero-order valence-electron chi connectivity index (χ0n) is 35.3. The molecule has 2 heterocycles. The van der Waals surface area contributed by atoms with Gasteiger partial charge >= 0.3 is 0 Å². The van der Waals surface area contributed by atoms with Crippen LogP contribution in [0.3, 0.4) is 0 Å². The minimum Gasteiger partial charge on any atom is -0.381 e. The standard InChI is InChI=1S/C42H46N8O13S3/c51-48(52)37-12-1-4-15-40(37)64(57,58)45-23-9-29-63-30-10-24-46(65(59,60)41-16-5-2-13-38(41)49(53)54)28-26-44(25-27-45)31-34-18-20-35(21-19-34)32-47(33-36-11-7-8-22-43-36)66(61,62)42-17-6-3-14-39(42)50(55)56/h1-8,11-22H,9-10,23-33H2. The fraction of sp³-hybridized carbons (Fsp3) is 0.310. The van der Waals surface area contributed by atoms with Crippen molar-refractivity contribution in [2.24, 2.45) is 0 Å². The molecule has 0 atom stereocenters. The summed E-state index contributed by atoms with van der Waals surface area (Å²) in [6.45, 7) is -0.653. The van der Waals surface area contributed by atoms with Crippen molar-refractivity contribution in [2.75, 3.05) is 52.5 Å². The van der Waals surface area contributed by atoms with Crippen molar-refractivity contribution in [3.63, 3.8) is 0 Å². The molecule has 4 aromatic carbocycles. The summed E-state index contributed by atoms with van der Waals surface area (Å²) in [6.07, 6.45) is 1.89. The first-order valence-corrected chi connectivity index (χ1v) is 24.8. The molecule has 0 spiro atoms. The van der Waals surface area contributed by atoms with Crippen LogP contribution in [0.5, 0.6) is 0 Å². The van der Waals surface area contributed by atoms with E-state index in [1.165, 1.54) is 42.6 Å². The molecule has 21 nitrogen and oxygen atoms in total. The number of aromatic nitrogens is 1. The quantitative estimate of drug-likeness (QED) is 0.0965. The number of ether oxygens (including phenoxy) is 1. The molecule has 0 bridgehead atoms. The molecular formula is C42H46N8O13S3. The van der Waals surface area contributed by atoms with Crippen LogP contribution in [0.1, 0.15) is 29.7 Å². The van der Waals surface area contributed by atoms with Crippen LogP contribution >= 0.6 is 0 Å². The van der Waals surface area contributed by atoms with Gasteiger partial charge in [0.1, 0.15) is 0 Å². The predicted octanol–water partition coefficient (Wildman–Crippen LogP) is 5.19. The third kappa shape index (κ3) is 12.0. The van der Waals surface area contributed by atoms with Gasteiger partial charge in [-0.1, -0.05) is 66.7 Å². The smallest absolute Gasteiger partial charge is 0.289 e. The Bertz CT molecular complexity index is 2750. The summed E-state index contributed by atoms with van der Waals surface area (Å²) < 4.78 is 93.8. The fourth-order valence-corrected chi connectivity index (χ4v) is 12.1. The lowest BCUT2D eigenvalue weighted by molar-refractivity contribution is -0.388. The predicted molar refractivity (Wildman–Crippen MR) is 239 cm³/mol. The van der Waals surface area contributed by atoms with Crippen LogP contribution < -0.4 is 0 Å². The van der Waals surface area contributed by atoms with Gasteiger partial charge in [-0.25, -0.2) is 25.3 Å². The Balaban J connectivity index is 1.32. The summed E-state index contributed by atoms with van der Waals surface area (Å²) in [7, 11) is -13.4. The number of pyridine rings is 1. The summed E-state index contributed by atoms with van der Waals surface area (Å²) in [5.74, 6) is 0. The molecule has 0 radical (unpaired) electrons. The Morgan fingerprint density at radius 2 is 0.970 bits per heavy atom. The van der Waals surface area contributed by atoms with Crippen LogP contribution in [0.25, 0.3) is 0 Å². The zero-order valence-corrected chi connectivity index (χ0v) is 37.8. The average Bonchev–Trinajstić information content (AvgIpc) is 3.30. The largest absolute Gasteiger partial charge is 0.381 e. The van der Waals surface area contributed by atoms with Crippen molar-refractivity contribution >= 4 is 47.1 Å². The van der Waals surface area contributed by atoms with Crippen LogP contribution in [0.15, 0.2) is 136 Å². The van der Waals surface area contributed by atoms with Gasteiger partial charge in [0.05, 0.1) is 27.0 Å². The van der Waals surface area contributed by atoms with E-state index in [9.17, 15) is 55.6 Å². The lowest BCUT2D eigenvalue weighted by Crippen LogP contribution is -2.43. The van der Waals surface area contributed by atoms with E-state index in [4.69, 9.17) is 4.74 Å². The highest BCUT2D eigenvalue weighted by Crippen LogP contribution is 2.30. The Morgan fingerprint density at radius 1 is 0.530 bits per heavy atom. The Morgan fingerprint density at radius 3 is 1.44 bits per heavy atom. The minimum absolute atomic E-state index is 0.00616. The van der Waals surface area contributed by atoms with Crippen LogP contribution in [0.4, 0.5) is 17.1 Å². The maximum atomic E-state index is 14.1. The van der Waals surface area contributed by atoms with Gasteiger partial charge in [-0.15, -0.1) is 0 Å². The Kier molecular flexibility index (Phi) is 16.4. The lowest BCUT2D eigenvalue weighted by Gasteiger charge is -2.30. The summed E-state index contributed by atoms with van der Waals surface area (Å²) in [5.41, 5.74) is -0.257. The van der Waals surface area contributed by atoms with Crippen molar-refractivity contribution in [3.05, 3.63) is 169 Å². The van der Waals surface area contributed by atoms with Crippen molar-refractivity contribution < 1.29 is 44.8 Å². The molecule has 24 heteroatoms. The number of nitro benzene ring substituents is 3. The number of nitrogens with zero attached hydrogens (tertiary/aromatic N) is 8. The van der Waals surface area contributed by atoms with Crippen LogP contribution in [-0.4, -0.2) is 115 Å². The third-order valence-electron chi connectivity index (χ3n) is 10.6. The molecule has 1 fully saturated rings. The van der Waals surface area contributed by atoms with E-state index in [-0.39, 0.29) is 85.0 Å². The fourth-order valence-electron chi connectivity index (χ4n) is 7.27. The molecule has 6 rings (SSSR count). The highest BCUT2D eigenvalue weighted by atomic mass is 32.2. The molecule has 0 saturated carbocycles. The first-order valence-electron chi connectivity index (χ1n) is 20.5. The topological polar surface area (TPSA) is 267 Å². The zero-order chi connectivity index (χ0) is 47.5. The van der Waals surface area contributed by atoms with Gasteiger partial charge in [0, 0.05) is 90.0 Å². The summed E-state index contributed by atoms with van der Waals surface area (Å²) in [5, 5.41) is 35.7. The van der Waals surface area contributed by atoms with E-state index in [1.807, 2.05) is 0 Å². The van der Waals surface area contributed by atoms with E-state index in [2.05, 4.69) is 4.98 Å². The monoisotopic (exact) mass is 966 g/mol. The summed E-state index contributed by atoms with van der Waals surface area (Å²) in [4.78, 5) is 37.9. The number of hydrogen-bond acceptors (Lipinski definition) is 15. The first-order chi connectivity index (χ1) is 31.5. The van der Waals surface area contributed by atoms with Crippen LogP contribution in [0.2, 0.25) is 0 Å². The van der Waals surface area contributed by atoms with E-state index in [0.29, 0.717) is 16.8 Å². The number of rotatable bonds is 15. The van der Waals surface area contributed by atoms with Gasteiger partial charge in [-0.05, 0) is 54.3 Å². The average molecular weight is 967 g/mol. The summed E-state index contributed by atoms with van der Waals surface area (Å²) >= 11 is 0. The van der Waals surface area contributed by atoms with Crippen molar-refractivity contribution in [1.29, 1.82) is 0 Å². The molecule has 5 aromatic rings. The van der Waals surface area contributed by atoms with Gasteiger partial charge in [0.2, 0.25) is 20.0 Å². The molecule has 0 N–H and O–H groups in total. The lowest BCUT2D eigenvalue weighted by atomic mass is 10.1. The number of nitro groups is 3. The molecular weight excluding hydrogens is 921 g/mol. The highest BCUT2D eigenvalue weighted by Gasteiger charge is 2.35. The van der Waals surface area contributed by atoms with Gasteiger partial charge in [-0.3, -0.25) is 40.2 Å². The van der Waals surface area contributed by atoms with Gasteiger partial charge in [-0.2, -0.15) is 12.9 Å². The van der Waals surface area contributed by atoms with Gasteiger partial charge in [0.25, 0.3) is 27.1 Å². The number of sulfonamides is 3. The molecule has 1 aliphatic rings. The number of benzene rings is 4.